The molecule has 0 aliphatic rings. The third-order valence-corrected chi connectivity index (χ3v) is 3.02. The highest BCUT2D eigenvalue weighted by atomic mass is 16.7. The van der Waals surface area contributed by atoms with Gasteiger partial charge in [-0.1, -0.05) is 6.07 Å². The van der Waals surface area contributed by atoms with Crippen molar-refractivity contribution in [3.05, 3.63) is 53.3 Å². The Kier molecular flexibility index (Phi) is 5.29. The molecule has 0 atom stereocenters. The predicted molar refractivity (Wildman–Crippen MR) is 77.6 cm³/mol. The summed E-state index contributed by atoms with van der Waals surface area (Å²) in [4.78, 5) is 15.1. The number of carbonyl (C=O) groups is 1. The van der Waals surface area contributed by atoms with Crippen LogP contribution in [0.25, 0.3) is 0 Å². The van der Waals surface area contributed by atoms with Crippen LogP contribution in [-0.2, 0) is 17.6 Å². The number of benzene rings is 1. The number of hydrogen-bond donors (Lipinski definition) is 1. The fraction of sp³-hybridized carbons (Fsp3) is 0.250. The molecule has 1 aromatic carbocycles. The Hall–Kier alpha value is -2.40. The van der Waals surface area contributed by atoms with Gasteiger partial charge in [-0.2, -0.15) is 0 Å². The van der Waals surface area contributed by atoms with Gasteiger partial charge in [0.1, 0.15) is 11.5 Å². The molecular formula is C16H17NO4. The van der Waals surface area contributed by atoms with Crippen LogP contribution in [0.4, 0.5) is 0 Å². The topological polar surface area (TPSA) is 68.7 Å². The fourth-order valence-corrected chi connectivity index (χ4v) is 1.92. The summed E-state index contributed by atoms with van der Waals surface area (Å²) in [5.74, 6) is 0.673. The zero-order valence-electron chi connectivity index (χ0n) is 11.8. The molecule has 110 valence electrons. The first kappa shape index (κ1) is 15.0. The number of rotatable bonds is 7. The number of aldehydes is 1. The molecule has 0 saturated heterocycles. The van der Waals surface area contributed by atoms with Gasteiger partial charge in [0.25, 0.3) is 0 Å². The van der Waals surface area contributed by atoms with Gasteiger partial charge in [0.15, 0.2) is 13.1 Å². The second-order valence-corrected chi connectivity index (χ2v) is 4.55. The van der Waals surface area contributed by atoms with E-state index in [-0.39, 0.29) is 12.5 Å². The third kappa shape index (κ3) is 4.29. The first-order valence-corrected chi connectivity index (χ1v) is 6.56. The molecule has 0 spiro atoms. The van der Waals surface area contributed by atoms with Gasteiger partial charge in [-0.15, -0.1) is 0 Å². The molecule has 0 aliphatic heterocycles. The molecule has 0 unspecified atom stereocenters. The third-order valence-electron chi connectivity index (χ3n) is 3.02. The molecule has 0 radical (unpaired) electrons. The van der Waals surface area contributed by atoms with Crippen LogP contribution in [0.5, 0.6) is 11.5 Å². The summed E-state index contributed by atoms with van der Waals surface area (Å²) >= 11 is 0. The van der Waals surface area contributed by atoms with Crippen molar-refractivity contribution in [2.75, 3.05) is 13.9 Å². The van der Waals surface area contributed by atoms with Crippen molar-refractivity contribution in [1.82, 2.24) is 4.98 Å². The minimum atomic E-state index is 0.101. The summed E-state index contributed by atoms with van der Waals surface area (Å²) in [7, 11) is 1.53. The highest BCUT2D eigenvalue weighted by Gasteiger charge is 2.05. The van der Waals surface area contributed by atoms with Crippen molar-refractivity contribution < 1.29 is 19.4 Å². The van der Waals surface area contributed by atoms with Crippen molar-refractivity contribution in [3.63, 3.8) is 0 Å². The van der Waals surface area contributed by atoms with Crippen LogP contribution < -0.4 is 4.74 Å². The molecular weight excluding hydrogens is 270 g/mol. The fourth-order valence-electron chi connectivity index (χ4n) is 1.92. The van der Waals surface area contributed by atoms with Gasteiger partial charge in [-0.05, 0) is 42.7 Å². The largest absolute Gasteiger partial charge is 0.506 e. The van der Waals surface area contributed by atoms with Gasteiger partial charge < -0.3 is 14.6 Å². The number of nitrogens with zero attached hydrogens (tertiary/aromatic N) is 1. The van der Waals surface area contributed by atoms with E-state index in [9.17, 15) is 9.90 Å². The molecule has 5 heteroatoms. The van der Waals surface area contributed by atoms with E-state index < -0.39 is 0 Å². The zero-order chi connectivity index (χ0) is 15.1. The maximum Gasteiger partial charge on any atom is 0.188 e. The Morgan fingerprint density at radius 3 is 2.76 bits per heavy atom. The smallest absolute Gasteiger partial charge is 0.188 e. The summed E-state index contributed by atoms with van der Waals surface area (Å²) in [5.41, 5.74) is 2.44. The van der Waals surface area contributed by atoms with Crippen LogP contribution in [-0.4, -0.2) is 30.3 Å². The van der Waals surface area contributed by atoms with Crippen LogP contribution in [0.1, 0.15) is 21.6 Å². The molecule has 0 aliphatic carbocycles. The monoisotopic (exact) mass is 287 g/mol. The van der Waals surface area contributed by atoms with Gasteiger partial charge in [-0.3, -0.25) is 9.78 Å². The lowest BCUT2D eigenvalue weighted by Crippen LogP contribution is -2.02. The normalized spacial score (nSPS) is 10.3. The molecule has 1 heterocycles. The predicted octanol–water partition coefficient (Wildman–Crippen LogP) is 2.37. The van der Waals surface area contributed by atoms with E-state index in [1.807, 2.05) is 12.1 Å². The summed E-state index contributed by atoms with van der Waals surface area (Å²) in [6.45, 7) is 0.101. The van der Waals surface area contributed by atoms with Crippen molar-refractivity contribution in [2.24, 2.45) is 0 Å². The van der Waals surface area contributed by atoms with Gasteiger partial charge in [0, 0.05) is 12.8 Å². The molecule has 0 saturated carbocycles. The van der Waals surface area contributed by atoms with Gasteiger partial charge >= 0.3 is 0 Å². The first-order chi connectivity index (χ1) is 10.2. The standard InChI is InChI=1S/C16H17NO4/c1-20-11-21-16-8-12(2-4-13(16)10-18)3-5-14-6-7-15(19)9-17-14/h2,4,6-10,19H,3,5,11H2,1H3. The van der Waals surface area contributed by atoms with E-state index in [4.69, 9.17) is 9.47 Å². The molecule has 1 N–H and O–H groups in total. The number of methoxy groups -OCH3 is 1. The Morgan fingerprint density at radius 2 is 2.10 bits per heavy atom. The average Bonchev–Trinajstić information content (AvgIpc) is 2.52. The Bertz CT molecular complexity index is 596. The van der Waals surface area contributed by atoms with Gasteiger partial charge in [-0.25, -0.2) is 0 Å². The Balaban J connectivity index is 2.05. The highest BCUT2D eigenvalue weighted by molar-refractivity contribution is 5.79. The lowest BCUT2D eigenvalue weighted by molar-refractivity contribution is 0.0505. The highest BCUT2D eigenvalue weighted by Crippen LogP contribution is 2.20. The number of pyridine rings is 1. The quantitative estimate of drug-likeness (QED) is 0.625. The number of carbonyl (C=O) groups excluding carboxylic acids is 1. The maximum absolute atomic E-state index is 11.0. The Labute approximate surface area is 123 Å². The zero-order valence-corrected chi connectivity index (χ0v) is 11.8. The van der Waals surface area contributed by atoms with E-state index in [0.717, 1.165) is 30.4 Å². The minimum Gasteiger partial charge on any atom is -0.506 e. The summed E-state index contributed by atoms with van der Waals surface area (Å²) < 4.78 is 10.2. The van der Waals surface area contributed by atoms with Crippen LogP contribution in [0.3, 0.4) is 0 Å². The van der Waals surface area contributed by atoms with Gasteiger partial charge in [0.05, 0.1) is 11.8 Å². The van der Waals surface area contributed by atoms with E-state index in [1.54, 1.807) is 18.2 Å². The summed E-state index contributed by atoms with van der Waals surface area (Å²) in [6, 6.07) is 8.87. The summed E-state index contributed by atoms with van der Waals surface area (Å²) in [6.07, 6.45) is 3.69. The van der Waals surface area contributed by atoms with Crippen LogP contribution in [0, 0.1) is 0 Å². The van der Waals surface area contributed by atoms with Crippen LogP contribution >= 0.6 is 0 Å². The van der Waals surface area contributed by atoms with Crippen molar-refractivity contribution in [3.8, 4) is 11.5 Å². The molecule has 21 heavy (non-hydrogen) atoms. The molecule has 0 bridgehead atoms. The van der Waals surface area contributed by atoms with Crippen molar-refractivity contribution in [2.45, 2.75) is 12.8 Å². The molecule has 0 fully saturated rings. The van der Waals surface area contributed by atoms with E-state index in [2.05, 4.69) is 4.98 Å². The maximum atomic E-state index is 11.0. The number of hydrogen-bond acceptors (Lipinski definition) is 5. The van der Waals surface area contributed by atoms with Crippen molar-refractivity contribution >= 4 is 6.29 Å². The minimum absolute atomic E-state index is 0.101. The summed E-state index contributed by atoms with van der Waals surface area (Å²) in [5, 5.41) is 9.19. The number of aromatic hydroxyl groups is 1. The molecule has 1 aromatic heterocycles. The molecule has 2 aromatic rings. The molecule has 5 nitrogen and oxygen atoms in total. The van der Waals surface area contributed by atoms with Crippen LogP contribution in [0.15, 0.2) is 36.5 Å². The number of aryl methyl sites for hydroxylation is 2. The molecule has 0 amide bonds. The van der Waals surface area contributed by atoms with Gasteiger partial charge in [0.2, 0.25) is 0 Å². The second-order valence-electron chi connectivity index (χ2n) is 4.55. The van der Waals surface area contributed by atoms with Crippen LogP contribution in [0.2, 0.25) is 0 Å². The van der Waals surface area contributed by atoms with E-state index in [0.29, 0.717) is 11.3 Å². The van der Waals surface area contributed by atoms with Crippen molar-refractivity contribution in [1.29, 1.82) is 0 Å². The SMILES string of the molecule is COCOc1cc(CCc2ccc(O)cn2)ccc1C=O. The first-order valence-electron chi connectivity index (χ1n) is 6.56. The van der Waals surface area contributed by atoms with E-state index >= 15 is 0 Å². The Morgan fingerprint density at radius 1 is 1.24 bits per heavy atom. The lowest BCUT2D eigenvalue weighted by Gasteiger charge is -2.09. The average molecular weight is 287 g/mol. The number of ether oxygens (including phenoxy) is 2. The van der Waals surface area contributed by atoms with E-state index in [1.165, 1.54) is 13.3 Å². The second kappa shape index (κ2) is 7.40. The molecule has 2 rings (SSSR count). The lowest BCUT2D eigenvalue weighted by atomic mass is 10.1. The number of aromatic nitrogens is 1.